The highest BCUT2D eigenvalue weighted by atomic mass is 32.2. The maximum atomic E-state index is 14.9. The lowest BCUT2D eigenvalue weighted by Gasteiger charge is -2.36. The number of ether oxygens (including phenoxy) is 2. The van der Waals surface area contributed by atoms with Gasteiger partial charge in [0, 0.05) is 60.1 Å². The zero-order chi connectivity index (χ0) is 41.3. The lowest BCUT2D eigenvalue weighted by molar-refractivity contribution is 0.246. The second-order valence-corrected chi connectivity index (χ2v) is 18.3. The quantitative estimate of drug-likeness (QED) is 0.0706. The number of rotatable bonds is 16. The number of anilines is 4. The molecule has 58 heavy (non-hydrogen) atoms. The van der Waals surface area contributed by atoms with Gasteiger partial charge in [0.1, 0.15) is 29.2 Å². The Bertz CT molecular complexity index is 2160. The van der Waals surface area contributed by atoms with Crippen LogP contribution in [0.5, 0.6) is 11.5 Å². The first kappa shape index (κ1) is 42.5. The Morgan fingerprint density at radius 2 is 1.24 bits per heavy atom. The van der Waals surface area contributed by atoms with Crippen LogP contribution in [0.3, 0.4) is 0 Å². The smallest absolute Gasteiger partial charge is 0.347 e. The summed E-state index contributed by atoms with van der Waals surface area (Å²) in [5.74, 6) is 2.38. The van der Waals surface area contributed by atoms with Gasteiger partial charge in [-0.2, -0.15) is 10.0 Å². The predicted octanol–water partition coefficient (Wildman–Crippen LogP) is 9.42. The zero-order valence-electron chi connectivity index (χ0n) is 33.6. The molecular weight excluding hydrogens is 815 g/mol. The molecule has 0 aliphatic rings. The van der Waals surface area contributed by atoms with E-state index in [0.29, 0.717) is 57.9 Å². The average Bonchev–Trinajstić information content (AvgIpc) is 4.00. The predicted molar refractivity (Wildman–Crippen MR) is 234 cm³/mol. The van der Waals surface area contributed by atoms with Crippen LogP contribution < -0.4 is 30.1 Å². The maximum absolute atomic E-state index is 14.9. The fraction of sp³-hybridized carbons (Fsp3) is 0.359. The summed E-state index contributed by atoms with van der Waals surface area (Å²) >= 11 is 5.74. The van der Waals surface area contributed by atoms with E-state index in [-0.39, 0.29) is 11.8 Å². The average molecular weight is 862 g/mol. The SMILES string of the molecule is Cc1ccc(N(C(=O)Nc2ncc(CSc3nccn3C)s2)N(C(=O)Nc2ncc(CSc3nncn3C)s2)c2ccc(C)cc2OCC(C)C)c(OCC(C)C)c1. The number of nitrogens with one attached hydrogen (secondary N) is 2. The van der Waals surface area contributed by atoms with Crippen molar-refractivity contribution in [2.24, 2.45) is 25.9 Å². The number of imidazole rings is 1. The van der Waals surface area contributed by atoms with E-state index in [9.17, 15) is 9.59 Å². The molecule has 19 heteroatoms. The molecule has 0 spiro atoms. The van der Waals surface area contributed by atoms with Crippen LogP contribution in [0.25, 0.3) is 0 Å². The van der Waals surface area contributed by atoms with Crippen molar-refractivity contribution in [2.45, 2.75) is 63.4 Å². The van der Waals surface area contributed by atoms with Crippen LogP contribution in [0.2, 0.25) is 0 Å². The van der Waals surface area contributed by atoms with Gasteiger partial charge >= 0.3 is 12.1 Å². The Morgan fingerprint density at radius 3 is 1.67 bits per heavy atom. The Labute approximate surface area is 354 Å². The molecule has 0 fully saturated rings. The monoisotopic (exact) mass is 861 g/mol. The van der Waals surface area contributed by atoms with Crippen molar-refractivity contribution in [3.63, 3.8) is 0 Å². The van der Waals surface area contributed by atoms with Crippen molar-refractivity contribution in [2.75, 3.05) is 33.9 Å². The van der Waals surface area contributed by atoms with Gasteiger partial charge < -0.3 is 18.6 Å². The third kappa shape index (κ3) is 11.1. The fourth-order valence-electron chi connectivity index (χ4n) is 5.27. The number of amides is 4. The van der Waals surface area contributed by atoms with Gasteiger partial charge in [0.05, 0.1) is 13.2 Å². The molecule has 0 unspecified atom stereocenters. The standard InChI is InChI=1S/C39H47N11O4S4/c1-24(2)19-53-32-15-26(5)9-11-30(32)49(36(51)44-34-41-17-28(57-34)21-55-38-40-13-14-47(38)7)50(31-12-10-27(6)16-33(31)54-20-25(3)4)37(52)45-35-42-18-29(58-35)22-56-39-46-43-23-48(39)8/h9-18,23-25H,19-22H2,1-8H3,(H,41,44,51)(H,42,45,52). The number of carbonyl (C=O) groups excluding carboxylic acids is 2. The van der Waals surface area contributed by atoms with Crippen molar-refractivity contribution in [1.82, 2.24) is 34.3 Å². The second kappa shape index (κ2) is 19.6. The molecule has 0 atom stereocenters. The molecule has 15 nitrogen and oxygen atoms in total. The number of hydrogen-bond acceptors (Lipinski definition) is 13. The van der Waals surface area contributed by atoms with Gasteiger partial charge in [-0.3, -0.25) is 10.6 Å². The fourth-order valence-corrected chi connectivity index (χ4v) is 8.74. The second-order valence-electron chi connectivity index (χ2n) is 14.2. The van der Waals surface area contributed by atoms with Crippen LogP contribution in [-0.4, -0.2) is 59.6 Å². The minimum absolute atomic E-state index is 0.186. The number of hydrogen-bond donors (Lipinski definition) is 2. The first-order chi connectivity index (χ1) is 27.8. The van der Waals surface area contributed by atoms with Crippen molar-refractivity contribution in [1.29, 1.82) is 0 Å². The number of carbonyl (C=O) groups is 2. The Kier molecular flexibility index (Phi) is 14.3. The molecular formula is C39H47N11O4S4. The highest BCUT2D eigenvalue weighted by Gasteiger charge is 2.35. The van der Waals surface area contributed by atoms with Gasteiger partial charge in [0.15, 0.2) is 20.6 Å². The number of thiazole rings is 2. The van der Waals surface area contributed by atoms with Crippen molar-refractivity contribution in [3.8, 4) is 11.5 Å². The summed E-state index contributed by atoms with van der Waals surface area (Å²) < 4.78 is 16.5. The number of aromatic nitrogens is 7. The van der Waals surface area contributed by atoms with Crippen molar-refractivity contribution >= 4 is 79.9 Å². The van der Waals surface area contributed by atoms with E-state index >= 15 is 0 Å². The van der Waals surface area contributed by atoms with E-state index in [0.717, 1.165) is 31.2 Å². The minimum Gasteiger partial charge on any atom is -0.491 e. The lowest BCUT2D eigenvalue weighted by atomic mass is 10.2. The van der Waals surface area contributed by atoms with Crippen LogP contribution in [0.4, 0.5) is 31.2 Å². The van der Waals surface area contributed by atoms with Gasteiger partial charge in [-0.05, 0) is 61.1 Å². The van der Waals surface area contributed by atoms with E-state index < -0.39 is 12.1 Å². The molecule has 0 saturated carbocycles. The molecule has 306 valence electrons. The number of urea groups is 2. The van der Waals surface area contributed by atoms with E-state index in [1.165, 1.54) is 44.5 Å². The van der Waals surface area contributed by atoms with E-state index in [4.69, 9.17) is 9.47 Å². The Balaban J connectivity index is 1.40. The molecule has 0 radical (unpaired) electrons. The molecule has 0 saturated heterocycles. The number of hydrazine groups is 1. The Hall–Kier alpha value is -5.11. The molecule has 2 aromatic carbocycles. The van der Waals surface area contributed by atoms with Gasteiger partial charge in [-0.1, -0.05) is 63.4 Å². The molecule has 6 rings (SSSR count). The largest absolute Gasteiger partial charge is 0.491 e. The summed E-state index contributed by atoms with van der Waals surface area (Å²) in [7, 11) is 3.82. The Morgan fingerprint density at radius 1 is 0.741 bits per heavy atom. The zero-order valence-corrected chi connectivity index (χ0v) is 36.9. The number of benzene rings is 2. The van der Waals surface area contributed by atoms with Gasteiger partial charge in [-0.15, -0.1) is 32.9 Å². The van der Waals surface area contributed by atoms with Gasteiger partial charge in [-0.25, -0.2) is 24.5 Å². The van der Waals surface area contributed by atoms with Crippen molar-refractivity contribution < 1.29 is 19.1 Å². The van der Waals surface area contributed by atoms with Crippen LogP contribution in [0.15, 0.2) is 77.8 Å². The first-order valence-electron chi connectivity index (χ1n) is 18.5. The summed E-state index contributed by atoms with van der Waals surface area (Å²) in [5.41, 5.74) is 2.49. The summed E-state index contributed by atoms with van der Waals surface area (Å²) in [6.07, 6.45) is 8.73. The molecule has 4 heterocycles. The number of nitrogens with zero attached hydrogens (tertiary/aromatic N) is 9. The normalized spacial score (nSPS) is 11.3. The van der Waals surface area contributed by atoms with Crippen LogP contribution in [0, 0.1) is 25.7 Å². The molecule has 4 amide bonds. The topological polar surface area (TPSA) is 157 Å². The first-order valence-corrected chi connectivity index (χ1v) is 22.1. The maximum Gasteiger partial charge on any atom is 0.347 e. The molecule has 2 N–H and O–H groups in total. The minimum atomic E-state index is -0.656. The third-order valence-electron chi connectivity index (χ3n) is 8.08. The van der Waals surface area contributed by atoms with E-state index in [2.05, 4.69) is 35.8 Å². The van der Waals surface area contributed by atoms with Crippen LogP contribution >= 0.6 is 46.2 Å². The summed E-state index contributed by atoms with van der Waals surface area (Å²) in [5, 5.41) is 18.9. The summed E-state index contributed by atoms with van der Waals surface area (Å²) in [6, 6.07) is 9.70. The molecule has 4 aromatic heterocycles. The molecule has 0 aliphatic carbocycles. The highest BCUT2D eigenvalue weighted by Crippen LogP contribution is 2.39. The van der Waals surface area contributed by atoms with Gasteiger partial charge in [0.2, 0.25) is 0 Å². The molecule has 0 aliphatic heterocycles. The molecule has 0 bridgehead atoms. The summed E-state index contributed by atoms with van der Waals surface area (Å²) in [6.45, 7) is 12.8. The van der Waals surface area contributed by atoms with E-state index in [1.54, 1.807) is 48.8 Å². The molecule has 6 aromatic rings. The van der Waals surface area contributed by atoms with E-state index in [1.807, 2.05) is 95.2 Å². The van der Waals surface area contributed by atoms with Crippen LogP contribution in [0.1, 0.15) is 48.6 Å². The summed E-state index contributed by atoms with van der Waals surface area (Å²) in [4.78, 5) is 45.2. The van der Waals surface area contributed by atoms with Crippen molar-refractivity contribution in [3.05, 3.63) is 88.4 Å². The lowest BCUT2D eigenvalue weighted by Crippen LogP contribution is -2.54. The number of thioether (sulfide) groups is 2. The van der Waals surface area contributed by atoms with Gasteiger partial charge in [0.25, 0.3) is 0 Å². The number of aryl methyl sites for hydroxylation is 4. The third-order valence-corrected chi connectivity index (χ3v) is 12.5. The van der Waals surface area contributed by atoms with Crippen LogP contribution in [-0.2, 0) is 25.6 Å². The highest BCUT2D eigenvalue weighted by molar-refractivity contribution is 7.98.